The molecule has 0 aliphatic carbocycles. The van der Waals surface area contributed by atoms with E-state index in [4.69, 9.17) is 4.74 Å². The van der Waals surface area contributed by atoms with Crippen LogP contribution >= 0.6 is 15.9 Å². The Bertz CT molecular complexity index is 231. The van der Waals surface area contributed by atoms with E-state index in [0.717, 1.165) is 0 Å². The topological polar surface area (TPSA) is 43.4 Å². The van der Waals surface area contributed by atoms with E-state index < -0.39 is 5.97 Å². The molecule has 0 aliphatic heterocycles. The zero-order chi connectivity index (χ0) is 10.4. The molecule has 0 heterocycles. The van der Waals surface area contributed by atoms with E-state index in [0.29, 0.717) is 0 Å². The highest BCUT2D eigenvalue weighted by atomic mass is 79.9. The fourth-order valence-electron chi connectivity index (χ4n) is 0.784. The number of carbonyl (C=O) groups is 2. The summed E-state index contributed by atoms with van der Waals surface area (Å²) >= 11 is 3.10. The van der Waals surface area contributed by atoms with Gasteiger partial charge in [0.15, 0.2) is 5.78 Å². The van der Waals surface area contributed by atoms with Crippen molar-refractivity contribution in [3.8, 4) is 0 Å². The van der Waals surface area contributed by atoms with Crippen LogP contribution in [0.2, 0.25) is 0 Å². The van der Waals surface area contributed by atoms with Crippen LogP contribution in [0.15, 0.2) is 11.6 Å². The molecule has 4 heteroatoms. The van der Waals surface area contributed by atoms with Crippen molar-refractivity contribution >= 4 is 27.7 Å². The molecule has 0 aromatic carbocycles. The summed E-state index contributed by atoms with van der Waals surface area (Å²) in [5.74, 6) is -0.803. The maximum Gasteiger partial charge on any atom is 0.341 e. The van der Waals surface area contributed by atoms with Gasteiger partial charge in [-0.15, -0.1) is 0 Å². The fraction of sp³-hybridized carbons (Fsp3) is 0.556. The lowest BCUT2D eigenvalue weighted by Gasteiger charge is -2.06. The van der Waals surface area contributed by atoms with Gasteiger partial charge in [-0.2, -0.15) is 0 Å². The quantitative estimate of drug-likeness (QED) is 0.251. The van der Waals surface area contributed by atoms with E-state index >= 15 is 0 Å². The summed E-state index contributed by atoms with van der Waals surface area (Å²) < 4.78 is 4.72. The van der Waals surface area contributed by atoms with Gasteiger partial charge in [-0.25, -0.2) is 4.79 Å². The van der Waals surface area contributed by atoms with Gasteiger partial charge in [0.2, 0.25) is 0 Å². The zero-order valence-corrected chi connectivity index (χ0v) is 9.55. The minimum atomic E-state index is -0.554. The van der Waals surface area contributed by atoms with Crippen molar-refractivity contribution in [2.45, 2.75) is 25.6 Å². The van der Waals surface area contributed by atoms with E-state index in [-0.39, 0.29) is 22.8 Å². The molecule has 0 aromatic rings. The second-order valence-corrected chi connectivity index (χ2v) is 3.78. The molecule has 74 valence electrons. The Labute approximate surface area is 86.3 Å². The molecule has 0 spiro atoms. The second kappa shape index (κ2) is 5.91. The first kappa shape index (κ1) is 12.4. The largest absolute Gasteiger partial charge is 0.462 e. The number of ether oxygens (including phenoxy) is 1. The molecule has 0 aromatic heterocycles. The third-order valence-corrected chi connectivity index (χ3v) is 1.83. The van der Waals surface area contributed by atoms with Gasteiger partial charge >= 0.3 is 5.97 Å². The number of hydrogen-bond donors (Lipinski definition) is 0. The maximum atomic E-state index is 11.4. The summed E-state index contributed by atoms with van der Waals surface area (Å²) in [6.45, 7) is 5.29. The fourth-order valence-corrected chi connectivity index (χ4v) is 1.03. The molecule has 3 nitrogen and oxygen atoms in total. The van der Waals surface area contributed by atoms with Gasteiger partial charge in [-0.05, 0) is 20.8 Å². The molecule has 0 saturated carbocycles. The van der Waals surface area contributed by atoms with Gasteiger partial charge in [-0.1, -0.05) is 22.0 Å². The molecule has 0 aliphatic rings. The normalized spacial score (nSPS) is 13.7. The monoisotopic (exact) mass is 248 g/mol. The van der Waals surface area contributed by atoms with E-state index in [1.807, 2.05) is 0 Å². The molecular formula is C9H13BrO3. The number of ketones is 1. The Balaban J connectivity index is 4.54. The predicted octanol–water partition coefficient (Wildman–Crippen LogP) is 1.85. The molecule has 0 rings (SSSR count). The molecule has 0 N–H and O–H groups in total. The van der Waals surface area contributed by atoms with E-state index in [2.05, 4.69) is 15.9 Å². The molecule has 1 atom stereocenters. The summed E-state index contributed by atoms with van der Waals surface area (Å²) in [4.78, 5) is 22.2. The highest BCUT2D eigenvalue weighted by molar-refractivity contribution is 9.10. The molecule has 0 saturated heterocycles. The number of allylic oxidation sites excluding steroid dienone is 1. The SMILES string of the molecule is CC=C(C(=O)OCC)C(=O)C(C)Br. The van der Waals surface area contributed by atoms with Crippen molar-refractivity contribution in [2.75, 3.05) is 6.61 Å². The number of halogens is 1. The third kappa shape index (κ3) is 3.72. The minimum Gasteiger partial charge on any atom is -0.462 e. The van der Waals surface area contributed by atoms with Crippen LogP contribution in [0.1, 0.15) is 20.8 Å². The van der Waals surface area contributed by atoms with Crippen molar-refractivity contribution < 1.29 is 14.3 Å². The van der Waals surface area contributed by atoms with Crippen LogP contribution in [-0.2, 0) is 14.3 Å². The van der Waals surface area contributed by atoms with E-state index in [9.17, 15) is 9.59 Å². The van der Waals surface area contributed by atoms with Gasteiger partial charge in [-0.3, -0.25) is 4.79 Å². The van der Waals surface area contributed by atoms with Crippen LogP contribution in [0.3, 0.4) is 0 Å². The van der Waals surface area contributed by atoms with Crippen molar-refractivity contribution in [1.82, 2.24) is 0 Å². The lowest BCUT2D eigenvalue weighted by molar-refractivity contribution is -0.139. The van der Waals surface area contributed by atoms with Gasteiger partial charge in [0.25, 0.3) is 0 Å². The lowest BCUT2D eigenvalue weighted by atomic mass is 10.1. The van der Waals surface area contributed by atoms with Gasteiger partial charge in [0.1, 0.15) is 0 Å². The molecule has 13 heavy (non-hydrogen) atoms. The Morgan fingerprint density at radius 1 is 1.54 bits per heavy atom. The van der Waals surface area contributed by atoms with Crippen LogP contribution in [0, 0.1) is 0 Å². The highest BCUT2D eigenvalue weighted by Crippen LogP contribution is 2.09. The Morgan fingerprint density at radius 2 is 2.08 bits per heavy atom. The predicted molar refractivity (Wildman–Crippen MR) is 53.8 cm³/mol. The van der Waals surface area contributed by atoms with Crippen molar-refractivity contribution in [3.05, 3.63) is 11.6 Å². The average molecular weight is 249 g/mol. The van der Waals surface area contributed by atoms with Crippen molar-refractivity contribution in [3.63, 3.8) is 0 Å². The number of rotatable bonds is 4. The first-order chi connectivity index (χ1) is 6.04. The number of Topliss-reactive ketones (excluding diaryl/α,β-unsaturated/α-hetero) is 1. The summed E-state index contributed by atoms with van der Waals surface area (Å²) in [7, 11) is 0. The van der Waals surface area contributed by atoms with Crippen LogP contribution in [0.5, 0.6) is 0 Å². The average Bonchev–Trinajstić information content (AvgIpc) is 2.05. The Hall–Kier alpha value is -0.640. The summed E-state index contributed by atoms with van der Waals surface area (Å²) in [5.41, 5.74) is 0.103. The van der Waals surface area contributed by atoms with Gasteiger partial charge < -0.3 is 4.74 Å². The summed E-state index contributed by atoms with van der Waals surface area (Å²) in [5, 5.41) is 0. The smallest absolute Gasteiger partial charge is 0.341 e. The summed E-state index contributed by atoms with van der Waals surface area (Å²) in [6, 6.07) is 0. The molecule has 0 bridgehead atoms. The minimum absolute atomic E-state index is 0.103. The number of esters is 1. The summed E-state index contributed by atoms with van der Waals surface area (Å²) in [6.07, 6.45) is 1.47. The molecular weight excluding hydrogens is 236 g/mol. The van der Waals surface area contributed by atoms with Gasteiger partial charge in [0, 0.05) is 0 Å². The second-order valence-electron chi connectivity index (χ2n) is 2.40. The number of alkyl halides is 1. The van der Waals surface area contributed by atoms with Gasteiger partial charge in [0.05, 0.1) is 17.0 Å². The third-order valence-electron chi connectivity index (χ3n) is 1.41. The molecule has 0 amide bonds. The van der Waals surface area contributed by atoms with Crippen molar-refractivity contribution in [2.24, 2.45) is 0 Å². The van der Waals surface area contributed by atoms with Crippen LogP contribution in [0.25, 0.3) is 0 Å². The Morgan fingerprint density at radius 3 is 2.38 bits per heavy atom. The zero-order valence-electron chi connectivity index (χ0n) is 7.96. The number of carbonyl (C=O) groups excluding carboxylic acids is 2. The Kier molecular flexibility index (Phi) is 5.62. The molecule has 0 radical (unpaired) electrons. The first-order valence-corrected chi connectivity index (χ1v) is 4.97. The molecule has 0 fully saturated rings. The van der Waals surface area contributed by atoms with E-state index in [1.165, 1.54) is 6.08 Å². The van der Waals surface area contributed by atoms with Crippen LogP contribution in [0.4, 0.5) is 0 Å². The van der Waals surface area contributed by atoms with Crippen LogP contribution in [-0.4, -0.2) is 23.2 Å². The lowest BCUT2D eigenvalue weighted by Crippen LogP contribution is -2.21. The highest BCUT2D eigenvalue weighted by Gasteiger charge is 2.21. The first-order valence-electron chi connectivity index (χ1n) is 4.06. The van der Waals surface area contributed by atoms with Crippen LogP contribution < -0.4 is 0 Å². The standard InChI is InChI=1S/C9H13BrO3/c1-4-7(8(11)6(3)10)9(12)13-5-2/h4,6H,5H2,1-3H3. The van der Waals surface area contributed by atoms with E-state index in [1.54, 1.807) is 20.8 Å². The number of hydrogen-bond acceptors (Lipinski definition) is 3. The molecule has 1 unspecified atom stereocenters. The maximum absolute atomic E-state index is 11.4. The van der Waals surface area contributed by atoms with Crippen molar-refractivity contribution in [1.29, 1.82) is 0 Å².